The first kappa shape index (κ1) is 15.3. The van der Waals surface area contributed by atoms with Crippen LogP contribution in [0.15, 0.2) is 12.4 Å². The molecule has 0 aliphatic rings. The molecule has 0 atom stereocenters. The van der Waals surface area contributed by atoms with E-state index < -0.39 is 0 Å². The number of aryl methyl sites for hydroxylation is 1. The predicted octanol–water partition coefficient (Wildman–Crippen LogP) is 1.25. The van der Waals surface area contributed by atoms with Gasteiger partial charge in [0.2, 0.25) is 0 Å². The molecule has 0 bridgehead atoms. The molecule has 0 fully saturated rings. The molecule has 0 saturated carbocycles. The van der Waals surface area contributed by atoms with Gasteiger partial charge in [0, 0.05) is 39.0 Å². The average molecular weight is 308 g/mol. The molecule has 0 radical (unpaired) electrons. The Morgan fingerprint density at radius 3 is 2.95 bits per heavy atom. The monoisotopic (exact) mass is 308 g/mol. The van der Waals surface area contributed by atoms with Crippen LogP contribution in [-0.4, -0.2) is 33.5 Å². The zero-order chi connectivity index (χ0) is 15.2. The summed E-state index contributed by atoms with van der Waals surface area (Å²) < 4.78 is 1.93. The number of hydrogen-bond donors (Lipinski definition) is 3. The number of thiazole rings is 1. The molecule has 0 aromatic carbocycles. The average Bonchev–Trinajstić information content (AvgIpc) is 3.03. The number of hydrogen-bond acceptors (Lipinski definition) is 6. The van der Waals surface area contributed by atoms with Crippen LogP contribution in [0.25, 0.3) is 0 Å². The number of anilines is 2. The maximum atomic E-state index is 12.1. The molecule has 21 heavy (non-hydrogen) atoms. The van der Waals surface area contributed by atoms with Crippen molar-refractivity contribution in [2.24, 2.45) is 7.05 Å². The predicted molar refractivity (Wildman–Crippen MR) is 84.6 cm³/mol. The van der Waals surface area contributed by atoms with E-state index in [1.807, 2.05) is 17.8 Å². The summed E-state index contributed by atoms with van der Waals surface area (Å²) in [6.45, 7) is 3.39. The number of carbonyl (C=O) groups excluding carboxylic acids is 1. The quantitative estimate of drug-likeness (QED) is 0.715. The van der Waals surface area contributed by atoms with Crippen molar-refractivity contribution >= 4 is 28.2 Å². The van der Waals surface area contributed by atoms with Gasteiger partial charge in [0.05, 0.1) is 0 Å². The third-order valence-electron chi connectivity index (χ3n) is 2.94. The highest BCUT2D eigenvalue weighted by Crippen LogP contribution is 2.24. The topological polar surface area (TPSA) is 97.9 Å². The zero-order valence-corrected chi connectivity index (χ0v) is 13.0. The maximum absolute atomic E-state index is 12.1. The standard InChI is InChI=1S/C13H20N6OS/c1-3-5-17-13-18-11(14)10(21-13)12(20)16-6-4-9-15-7-8-19(9)2/h7-8H,3-6,14H2,1-2H3,(H,16,20)(H,17,18). The van der Waals surface area contributed by atoms with Gasteiger partial charge >= 0.3 is 0 Å². The van der Waals surface area contributed by atoms with Crippen molar-refractivity contribution in [1.29, 1.82) is 0 Å². The number of aromatic nitrogens is 3. The fourth-order valence-corrected chi connectivity index (χ4v) is 2.63. The first-order valence-electron chi connectivity index (χ1n) is 6.86. The number of nitrogens with two attached hydrogens (primary N) is 1. The van der Waals surface area contributed by atoms with Crippen molar-refractivity contribution < 1.29 is 4.79 Å². The van der Waals surface area contributed by atoms with E-state index in [1.54, 1.807) is 6.20 Å². The second kappa shape index (κ2) is 7.07. The molecule has 2 aromatic heterocycles. The minimum absolute atomic E-state index is 0.191. The first-order chi connectivity index (χ1) is 10.1. The van der Waals surface area contributed by atoms with E-state index in [9.17, 15) is 4.79 Å². The summed E-state index contributed by atoms with van der Waals surface area (Å²) in [7, 11) is 1.93. The van der Waals surface area contributed by atoms with E-state index in [2.05, 4.69) is 27.5 Å². The van der Waals surface area contributed by atoms with Crippen molar-refractivity contribution in [3.05, 3.63) is 23.1 Å². The molecule has 0 spiro atoms. The van der Waals surface area contributed by atoms with E-state index in [1.165, 1.54) is 11.3 Å². The molecule has 0 saturated heterocycles. The highest BCUT2D eigenvalue weighted by atomic mass is 32.1. The van der Waals surface area contributed by atoms with Gasteiger partial charge in [0.15, 0.2) is 5.13 Å². The Labute approximate surface area is 127 Å². The molecule has 4 N–H and O–H groups in total. The number of amides is 1. The van der Waals surface area contributed by atoms with E-state index in [-0.39, 0.29) is 11.7 Å². The lowest BCUT2D eigenvalue weighted by molar-refractivity contribution is 0.0958. The Balaban J connectivity index is 1.88. The summed E-state index contributed by atoms with van der Waals surface area (Å²) >= 11 is 1.28. The molecule has 2 aromatic rings. The molecular weight excluding hydrogens is 288 g/mol. The molecule has 2 heterocycles. The normalized spacial score (nSPS) is 10.6. The van der Waals surface area contributed by atoms with Gasteiger partial charge in [-0.3, -0.25) is 4.79 Å². The van der Waals surface area contributed by atoms with Crippen LogP contribution in [0.4, 0.5) is 10.9 Å². The van der Waals surface area contributed by atoms with E-state index in [0.717, 1.165) is 18.8 Å². The Bertz CT molecular complexity index is 606. The van der Waals surface area contributed by atoms with Crippen LogP contribution in [0.5, 0.6) is 0 Å². The Hall–Kier alpha value is -2.09. The zero-order valence-electron chi connectivity index (χ0n) is 12.2. The summed E-state index contributed by atoms with van der Waals surface area (Å²) in [4.78, 5) is 20.9. The SMILES string of the molecule is CCCNc1nc(N)c(C(=O)NCCc2nccn2C)s1. The Morgan fingerprint density at radius 2 is 2.29 bits per heavy atom. The summed E-state index contributed by atoms with van der Waals surface area (Å²) in [5, 5.41) is 6.66. The molecule has 2 rings (SSSR count). The number of nitrogen functional groups attached to an aromatic ring is 1. The molecule has 7 nitrogen and oxygen atoms in total. The lowest BCUT2D eigenvalue weighted by atomic mass is 10.4. The lowest BCUT2D eigenvalue weighted by Crippen LogP contribution is -2.26. The van der Waals surface area contributed by atoms with Crippen LogP contribution in [-0.2, 0) is 13.5 Å². The van der Waals surface area contributed by atoms with Gasteiger partial charge in [0.25, 0.3) is 5.91 Å². The number of nitrogens with one attached hydrogen (secondary N) is 2. The highest BCUT2D eigenvalue weighted by molar-refractivity contribution is 7.18. The van der Waals surface area contributed by atoms with Crippen LogP contribution >= 0.6 is 11.3 Å². The molecule has 0 aliphatic heterocycles. The van der Waals surface area contributed by atoms with Gasteiger partial charge in [-0.05, 0) is 6.42 Å². The van der Waals surface area contributed by atoms with E-state index in [0.29, 0.717) is 23.0 Å². The van der Waals surface area contributed by atoms with Gasteiger partial charge in [-0.2, -0.15) is 0 Å². The summed E-state index contributed by atoms with van der Waals surface area (Å²) in [5.74, 6) is 1.01. The smallest absolute Gasteiger partial charge is 0.265 e. The third-order valence-corrected chi connectivity index (χ3v) is 3.97. The highest BCUT2D eigenvalue weighted by Gasteiger charge is 2.15. The van der Waals surface area contributed by atoms with Crippen LogP contribution in [0, 0.1) is 0 Å². The Morgan fingerprint density at radius 1 is 1.48 bits per heavy atom. The first-order valence-corrected chi connectivity index (χ1v) is 7.68. The van der Waals surface area contributed by atoms with Crippen molar-refractivity contribution in [2.75, 3.05) is 24.1 Å². The molecule has 8 heteroatoms. The molecule has 1 amide bonds. The second-order valence-electron chi connectivity index (χ2n) is 4.62. The van der Waals surface area contributed by atoms with Crippen LogP contribution in [0.2, 0.25) is 0 Å². The molecular formula is C13H20N6OS. The van der Waals surface area contributed by atoms with Crippen molar-refractivity contribution in [3.8, 4) is 0 Å². The second-order valence-corrected chi connectivity index (χ2v) is 5.62. The Kier molecular flexibility index (Phi) is 5.15. The van der Waals surface area contributed by atoms with E-state index >= 15 is 0 Å². The molecule has 114 valence electrons. The van der Waals surface area contributed by atoms with Gasteiger partial charge in [0.1, 0.15) is 16.5 Å². The number of rotatable bonds is 7. The summed E-state index contributed by atoms with van der Waals surface area (Å²) in [5.41, 5.74) is 5.79. The fourth-order valence-electron chi connectivity index (χ4n) is 1.81. The van der Waals surface area contributed by atoms with Gasteiger partial charge in [-0.1, -0.05) is 18.3 Å². The summed E-state index contributed by atoms with van der Waals surface area (Å²) in [6.07, 6.45) is 5.29. The van der Waals surface area contributed by atoms with Crippen LogP contribution < -0.4 is 16.4 Å². The van der Waals surface area contributed by atoms with Crippen LogP contribution in [0.1, 0.15) is 28.8 Å². The fraction of sp³-hybridized carbons (Fsp3) is 0.462. The van der Waals surface area contributed by atoms with Crippen molar-refractivity contribution in [2.45, 2.75) is 19.8 Å². The van der Waals surface area contributed by atoms with Crippen LogP contribution in [0.3, 0.4) is 0 Å². The number of imidazole rings is 1. The van der Waals surface area contributed by atoms with Gasteiger partial charge in [-0.25, -0.2) is 9.97 Å². The van der Waals surface area contributed by atoms with Crippen molar-refractivity contribution in [1.82, 2.24) is 19.9 Å². The molecule has 0 unspecified atom stereocenters. The summed E-state index contributed by atoms with van der Waals surface area (Å²) in [6, 6.07) is 0. The van der Waals surface area contributed by atoms with Gasteiger partial charge < -0.3 is 20.9 Å². The van der Waals surface area contributed by atoms with Gasteiger partial charge in [-0.15, -0.1) is 0 Å². The third kappa shape index (κ3) is 3.94. The molecule has 0 aliphatic carbocycles. The maximum Gasteiger partial charge on any atom is 0.265 e. The van der Waals surface area contributed by atoms with E-state index in [4.69, 9.17) is 5.73 Å². The minimum atomic E-state index is -0.191. The largest absolute Gasteiger partial charge is 0.382 e. The number of carbonyl (C=O) groups is 1. The number of nitrogens with zero attached hydrogens (tertiary/aromatic N) is 3. The minimum Gasteiger partial charge on any atom is -0.382 e. The van der Waals surface area contributed by atoms with Crippen molar-refractivity contribution in [3.63, 3.8) is 0 Å². The lowest BCUT2D eigenvalue weighted by Gasteiger charge is -2.04.